The third-order valence-electron chi connectivity index (χ3n) is 14.3. The summed E-state index contributed by atoms with van der Waals surface area (Å²) in [5.41, 5.74) is -0.336. The second-order valence-electron chi connectivity index (χ2n) is 17.9. The number of ether oxygens (including phenoxy) is 2. The van der Waals surface area contributed by atoms with E-state index in [9.17, 15) is 19.2 Å². The predicted molar refractivity (Wildman–Crippen MR) is 207 cm³/mol. The molecule has 2 saturated carbocycles. The fourth-order valence-corrected chi connectivity index (χ4v) is 11.0. The molecule has 10 fully saturated rings. The first-order valence-corrected chi connectivity index (χ1v) is 20.8. The molecule has 2 aromatic carbocycles. The summed E-state index contributed by atoms with van der Waals surface area (Å²) in [6.07, 6.45) is 7.28. The van der Waals surface area contributed by atoms with E-state index in [2.05, 4.69) is 24.5 Å². The van der Waals surface area contributed by atoms with Gasteiger partial charge in [-0.3, -0.25) is 9.59 Å². The molecule has 2 aromatic rings. The van der Waals surface area contributed by atoms with Crippen LogP contribution in [0.3, 0.4) is 0 Å². The van der Waals surface area contributed by atoms with E-state index >= 15 is 0 Å². The zero-order valence-electron chi connectivity index (χ0n) is 34.2. The van der Waals surface area contributed by atoms with Crippen LogP contribution in [0.1, 0.15) is 114 Å². The first-order chi connectivity index (χ1) is 27.5. The number of carbonyl (C=O) groups is 4. The van der Waals surface area contributed by atoms with Crippen LogP contribution in [-0.4, -0.2) is 69.2 Å². The smallest absolute Gasteiger partial charge is 0.335 e. The number of hydrogen-bond acceptors (Lipinski definition) is 10. The normalized spacial score (nSPS) is 42.6. The Morgan fingerprint density at radius 2 is 0.914 bits per heavy atom. The van der Waals surface area contributed by atoms with Gasteiger partial charge < -0.3 is 30.3 Å². The van der Waals surface area contributed by atoms with Gasteiger partial charge in [-0.15, -0.1) is 0 Å². The molecule has 14 nitrogen and oxygen atoms in total. The van der Waals surface area contributed by atoms with Gasteiger partial charge in [-0.1, -0.05) is 64.1 Å². The molecule has 0 aromatic heterocycles. The van der Waals surface area contributed by atoms with Crippen molar-refractivity contribution in [2.24, 2.45) is 47.3 Å². The predicted octanol–water partition coefficient (Wildman–Crippen LogP) is 6.71. The summed E-state index contributed by atoms with van der Waals surface area (Å²) < 4.78 is 12.2. The zero-order chi connectivity index (χ0) is 41.6. The second-order valence-corrected chi connectivity index (χ2v) is 17.9. The first-order valence-electron chi connectivity index (χ1n) is 20.8. The number of aromatic carboxylic acids is 2. The van der Waals surface area contributed by atoms with Crippen LogP contribution >= 0.6 is 0 Å². The van der Waals surface area contributed by atoms with Crippen LogP contribution in [0.2, 0.25) is 0 Å². The topological polar surface area (TPSA) is 188 Å². The fraction of sp³-hybridized carbons (Fsp3) is 0.636. The molecule has 10 aliphatic rings. The van der Waals surface area contributed by atoms with E-state index < -0.39 is 34.7 Å². The lowest BCUT2D eigenvalue weighted by Crippen LogP contribution is -2.74. The highest BCUT2D eigenvalue weighted by atomic mass is 17.3. The van der Waals surface area contributed by atoms with E-state index in [1.165, 1.54) is 0 Å². The Hall–Kier alpha value is -3.92. The summed E-state index contributed by atoms with van der Waals surface area (Å²) in [6, 6.07) is 16.6. The second kappa shape index (κ2) is 16.3. The molecular weight excluding hydrogens is 748 g/mol. The third-order valence-corrected chi connectivity index (χ3v) is 14.3. The average Bonchev–Trinajstić information content (AvgIpc) is 3.59. The molecule has 8 saturated heterocycles. The maximum atomic E-state index is 12.2. The van der Waals surface area contributed by atoms with Crippen molar-refractivity contribution in [3.8, 4) is 0 Å². The van der Waals surface area contributed by atoms with Gasteiger partial charge >= 0.3 is 11.9 Å². The van der Waals surface area contributed by atoms with E-state index in [4.69, 9.17) is 39.2 Å². The number of carbonyl (C=O) groups excluding carboxylic acids is 2. The van der Waals surface area contributed by atoms with Crippen molar-refractivity contribution in [2.75, 3.05) is 0 Å². The molecule has 2 aliphatic carbocycles. The van der Waals surface area contributed by atoms with Crippen molar-refractivity contribution in [1.82, 2.24) is 10.6 Å². The van der Waals surface area contributed by atoms with Crippen molar-refractivity contribution in [1.29, 1.82) is 0 Å². The molecule has 0 radical (unpaired) electrons. The summed E-state index contributed by atoms with van der Waals surface area (Å²) in [5.74, 6) is -0.855. The van der Waals surface area contributed by atoms with Crippen LogP contribution in [-0.2, 0) is 38.6 Å². The Kier molecular flexibility index (Phi) is 11.8. The van der Waals surface area contributed by atoms with Gasteiger partial charge in [0.15, 0.2) is 23.7 Å². The van der Waals surface area contributed by atoms with Gasteiger partial charge in [-0.05, 0) is 100 Å². The Morgan fingerprint density at radius 1 is 0.552 bits per heavy atom. The monoisotopic (exact) mass is 806 g/mol. The van der Waals surface area contributed by atoms with E-state index in [1.807, 2.05) is 27.7 Å². The highest BCUT2D eigenvalue weighted by Gasteiger charge is 2.70. The van der Waals surface area contributed by atoms with E-state index in [0.29, 0.717) is 34.8 Å². The van der Waals surface area contributed by atoms with Crippen molar-refractivity contribution in [3.63, 3.8) is 0 Å². The highest BCUT2D eigenvalue weighted by molar-refractivity contribution is 5.87. The molecule has 4 bridgehead atoms. The number of carboxylic acid groups (broad SMARTS) is 2. The SMILES string of the molecule is C[C@@H]1CC[C@H]2[C@@H](C)C(=O)N[C@@H]3O[C@@]4(C)CC[C@@H]1[C@]32OO4.C[C@@H]1CC[C@H]2[C@@H](C)C(=O)N[C@@H]3O[C@@]4(C)CC[C@@H]1[C@]32OO4.O=C(O)c1ccccc1.O=C(O)c1ccccc1. The molecule has 8 heterocycles. The van der Waals surface area contributed by atoms with Crippen LogP contribution in [0.15, 0.2) is 60.7 Å². The minimum Gasteiger partial charge on any atom is -0.478 e. The highest BCUT2D eigenvalue weighted by Crippen LogP contribution is 2.60. The quantitative estimate of drug-likeness (QED) is 0.236. The van der Waals surface area contributed by atoms with Crippen LogP contribution in [0, 0.1) is 47.3 Å². The van der Waals surface area contributed by atoms with Gasteiger partial charge in [0.25, 0.3) is 0 Å². The number of piperidine rings is 2. The fourth-order valence-electron chi connectivity index (χ4n) is 11.0. The Morgan fingerprint density at radius 3 is 1.24 bits per heavy atom. The molecule has 14 heteroatoms. The van der Waals surface area contributed by atoms with E-state index in [-0.39, 0.29) is 47.9 Å². The summed E-state index contributed by atoms with van der Waals surface area (Å²) in [4.78, 5) is 68.2. The summed E-state index contributed by atoms with van der Waals surface area (Å²) >= 11 is 0. The number of fused-ring (bicyclic) bond motifs is 4. The number of rotatable bonds is 2. The molecular formula is C44H58N2O12. The Labute approximate surface area is 339 Å². The lowest BCUT2D eigenvalue weighted by molar-refractivity contribution is -0.538. The maximum Gasteiger partial charge on any atom is 0.335 e. The van der Waals surface area contributed by atoms with Gasteiger partial charge in [0, 0.05) is 36.5 Å². The van der Waals surface area contributed by atoms with E-state index in [1.54, 1.807) is 60.7 Å². The van der Waals surface area contributed by atoms with Crippen molar-refractivity contribution < 1.29 is 58.4 Å². The van der Waals surface area contributed by atoms with Gasteiger partial charge in [0.2, 0.25) is 23.4 Å². The summed E-state index contributed by atoms with van der Waals surface area (Å²) in [6.45, 7) is 12.4. The Balaban J connectivity index is 0.000000126. The van der Waals surface area contributed by atoms with Crippen LogP contribution < -0.4 is 10.6 Å². The third kappa shape index (κ3) is 7.56. The van der Waals surface area contributed by atoms with Gasteiger partial charge in [0.1, 0.15) is 0 Å². The molecule has 14 atom stereocenters. The molecule has 316 valence electrons. The molecule has 8 aliphatic heterocycles. The van der Waals surface area contributed by atoms with Crippen molar-refractivity contribution in [2.45, 2.75) is 128 Å². The van der Waals surface area contributed by atoms with E-state index in [0.717, 1.165) is 51.4 Å². The van der Waals surface area contributed by atoms with Crippen LogP contribution in [0.4, 0.5) is 0 Å². The molecule has 2 spiro atoms. The number of carboxylic acids is 2. The van der Waals surface area contributed by atoms with Crippen LogP contribution in [0.5, 0.6) is 0 Å². The average molecular weight is 807 g/mol. The van der Waals surface area contributed by atoms with Crippen LogP contribution in [0.25, 0.3) is 0 Å². The molecule has 4 N–H and O–H groups in total. The summed E-state index contributed by atoms with van der Waals surface area (Å²) in [5, 5.41) is 22.8. The first kappa shape index (κ1) is 42.2. The minimum absolute atomic E-state index is 0.0455. The van der Waals surface area contributed by atoms with Gasteiger partial charge in [-0.2, -0.15) is 0 Å². The maximum absolute atomic E-state index is 12.2. The van der Waals surface area contributed by atoms with Crippen molar-refractivity contribution >= 4 is 23.8 Å². The zero-order valence-corrected chi connectivity index (χ0v) is 34.2. The molecule has 2 amide bonds. The largest absolute Gasteiger partial charge is 0.478 e. The molecule has 12 rings (SSSR count). The Bertz CT molecular complexity index is 1700. The lowest BCUT2D eigenvalue weighted by atomic mass is 9.57. The standard InChI is InChI=1S/2C15H23NO4.2C7H6O2/c2*1-8-4-5-11-9(2)12(17)16-13-15(11)10(8)6-7-14(3,18-13)19-20-15;2*8-7(9)6-4-2-1-3-5-6/h2*8-11,13H,4-7H2,1-3H3,(H,16,17);2*1-5H,(H,8,9)/t2*8-,9-,10+,11+,13-,14-,15-;;/m11../s1. The minimum atomic E-state index is -0.879. The van der Waals surface area contributed by atoms with Gasteiger partial charge in [-0.25, -0.2) is 29.1 Å². The summed E-state index contributed by atoms with van der Waals surface area (Å²) in [7, 11) is 0. The van der Waals surface area contributed by atoms with Gasteiger partial charge in [0.05, 0.1) is 11.1 Å². The van der Waals surface area contributed by atoms with Crippen molar-refractivity contribution in [3.05, 3.63) is 71.8 Å². The molecule has 0 unspecified atom stereocenters. The number of amides is 2. The lowest BCUT2D eigenvalue weighted by Gasteiger charge is -2.58. The number of hydrogen-bond donors (Lipinski definition) is 4. The number of nitrogens with one attached hydrogen (secondary N) is 2. The molecule has 58 heavy (non-hydrogen) atoms. The number of benzene rings is 2.